The number of hydrogen-bond donors (Lipinski definition) is 0. The Morgan fingerprint density at radius 1 is 1.22 bits per heavy atom. The van der Waals surface area contributed by atoms with Crippen LogP contribution in [0.15, 0.2) is 55.0 Å². The molecule has 0 fully saturated rings. The number of fused-ring (bicyclic) bond motifs is 1. The summed E-state index contributed by atoms with van der Waals surface area (Å²) in [6, 6.07) is 11.7. The standard InChI is InChI=1S/C20H19N5OS/c1-3-15-7-4-8-17-18(15)22-20(27-17)25(13-14-6-5-10-21-12-14)19(26)16-9-11-24(2)23-16/h4-12H,3,13H2,1-2H3. The molecule has 0 aliphatic rings. The molecular formula is C20H19N5OS. The lowest BCUT2D eigenvalue weighted by Crippen LogP contribution is -2.30. The molecule has 3 heterocycles. The Labute approximate surface area is 161 Å². The number of aromatic nitrogens is 4. The van der Waals surface area contributed by atoms with E-state index < -0.39 is 0 Å². The molecule has 3 aromatic heterocycles. The van der Waals surface area contributed by atoms with Gasteiger partial charge in [0.05, 0.1) is 16.8 Å². The quantitative estimate of drug-likeness (QED) is 0.530. The van der Waals surface area contributed by atoms with Gasteiger partial charge in [0.2, 0.25) is 0 Å². The molecule has 0 radical (unpaired) electrons. The SMILES string of the molecule is CCc1cccc2sc(N(Cc3cccnc3)C(=O)c3ccn(C)n3)nc12. The molecule has 0 saturated heterocycles. The normalized spacial score (nSPS) is 11.0. The molecule has 4 rings (SSSR count). The minimum absolute atomic E-state index is 0.170. The number of benzene rings is 1. The van der Waals surface area contributed by atoms with Crippen LogP contribution in [0.4, 0.5) is 5.13 Å². The lowest BCUT2D eigenvalue weighted by molar-refractivity contribution is 0.0979. The highest BCUT2D eigenvalue weighted by Gasteiger charge is 2.24. The third kappa shape index (κ3) is 3.46. The third-order valence-corrected chi connectivity index (χ3v) is 5.39. The zero-order valence-electron chi connectivity index (χ0n) is 15.2. The topological polar surface area (TPSA) is 63.9 Å². The first-order valence-electron chi connectivity index (χ1n) is 8.74. The minimum Gasteiger partial charge on any atom is -0.278 e. The highest BCUT2D eigenvalue weighted by Crippen LogP contribution is 2.32. The average molecular weight is 377 g/mol. The molecule has 0 aliphatic heterocycles. The Bertz CT molecular complexity index is 1090. The second kappa shape index (κ2) is 7.28. The van der Waals surface area contributed by atoms with Crippen LogP contribution >= 0.6 is 11.3 Å². The molecule has 0 bridgehead atoms. The largest absolute Gasteiger partial charge is 0.280 e. The lowest BCUT2D eigenvalue weighted by Gasteiger charge is -2.18. The van der Waals surface area contributed by atoms with Crippen LogP contribution in [0.25, 0.3) is 10.2 Å². The van der Waals surface area contributed by atoms with Gasteiger partial charge in [-0.25, -0.2) is 4.98 Å². The summed E-state index contributed by atoms with van der Waals surface area (Å²) in [6.45, 7) is 2.50. The van der Waals surface area contributed by atoms with Crippen molar-refractivity contribution in [2.45, 2.75) is 19.9 Å². The number of carbonyl (C=O) groups excluding carboxylic acids is 1. The van der Waals surface area contributed by atoms with Crippen LogP contribution in [0.1, 0.15) is 28.5 Å². The van der Waals surface area contributed by atoms with Crippen molar-refractivity contribution in [1.82, 2.24) is 19.7 Å². The molecule has 0 N–H and O–H groups in total. The molecule has 0 atom stereocenters. The van der Waals surface area contributed by atoms with Crippen LogP contribution in [-0.2, 0) is 20.0 Å². The molecule has 1 amide bonds. The van der Waals surface area contributed by atoms with Gasteiger partial charge in [0.25, 0.3) is 5.91 Å². The van der Waals surface area contributed by atoms with Crippen molar-refractivity contribution >= 4 is 32.6 Å². The molecule has 0 unspecified atom stereocenters. The third-order valence-electron chi connectivity index (χ3n) is 4.34. The molecule has 27 heavy (non-hydrogen) atoms. The van der Waals surface area contributed by atoms with E-state index in [1.807, 2.05) is 24.3 Å². The summed E-state index contributed by atoms with van der Waals surface area (Å²) in [5.41, 5.74) is 3.49. The van der Waals surface area contributed by atoms with Gasteiger partial charge in [0.1, 0.15) is 0 Å². The maximum absolute atomic E-state index is 13.2. The van der Waals surface area contributed by atoms with Gasteiger partial charge in [-0.05, 0) is 35.7 Å². The number of nitrogens with zero attached hydrogens (tertiary/aromatic N) is 5. The number of hydrogen-bond acceptors (Lipinski definition) is 5. The van der Waals surface area contributed by atoms with E-state index in [0.717, 1.165) is 22.2 Å². The van der Waals surface area contributed by atoms with Gasteiger partial charge >= 0.3 is 0 Å². The number of rotatable bonds is 5. The van der Waals surface area contributed by atoms with Crippen molar-refractivity contribution in [2.75, 3.05) is 4.90 Å². The number of para-hydroxylation sites is 1. The minimum atomic E-state index is -0.170. The van der Waals surface area contributed by atoms with E-state index in [4.69, 9.17) is 4.98 Å². The summed E-state index contributed by atoms with van der Waals surface area (Å²) in [5, 5.41) is 4.94. The Morgan fingerprint density at radius 3 is 2.81 bits per heavy atom. The smallest absolute Gasteiger partial charge is 0.278 e. The van der Waals surface area contributed by atoms with E-state index in [1.165, 1.54) is 16.9 Å². The van der Waals surface area contributed by atoms with E-state index in [2.05, 4.69) is 23.1 Å². The van der Waals surface area contributed by atoms with Crippen LogP contribution in [0.5, 0.6) is 0 Å². The zero-order valence-corrected chi connectivity index (χ0v) is 16.0. The van der Waals surface area contributed by atoms with Crippen molar-refractivity contribution in [3.63, 3.8) is 0 Å². The predicted octanol–water partition coefficient (Wildman–Crippen LogP) is 3.83. The molecule has 0 spiro atoms. The maximum Gasteiger partial charge on any atom is 0.280 e. The summed E-state index contributed by atoms with van der Waals surface area (Å²) >= 11 is 1.52. The summed E-state index contributed by atoms with van der Waals surface area (Å²) in [7, 11) is 1.80. The van der Waals surface area contributed by atoms with Gasteiger partial charge < -0.3 is 0 Å². The molecular weight excluding hydrogens is 358 g/mol. The van der Waals surface area contributed by atoms with E-state index in [0.29, 0.717) is 17.4 Å². The second-order valence-corrected chi connectivity index (χ2v) is 7.25. The van der Waals surface area contributed by atoms with E-state index >= 15 is 0 Å². The highest BCUT2D eigenvalue weighted by atomic mass is 32.1. The Morgan fingerprint density at radius 2 is 2.11 bits per heavy atom. The fourth-order valence-corrected chi connectivity index (χ4v) is 3.97. The number of carbonyl (C=O) groups is 1. The Kier molecular flexibility index (Phi) is 4.68. The van der Waals surface area contributed by atoms with Crippen molar-refractivity contribution in [2.24, 2.45) is 7.05 Å². The number of amides is 1. The molecule has 6 nitrogen and oxygen atoms in total. The second-order valence-electron chi connectivity index (χ2n) is 6.24. The monoisotopic (exact) mass is 377 g/mol. The fourth-order valence-electron chi connectivity index (χ4n) is 2.96. The summed E-state index contributed by atoms with van der Waals surface area (Å²) in [4.78, 5) is 23.8. The number of anilines is 1. The Hall–Kier alpha value is -3.06. The predicted molar refractivity (Wildman–Crippen MR) is 107 cm³/mol. The van der Waals surface area contributed by atoms with Gasteiger partial charge in [-0.15, -0.1) is 0 Å². The van der Waals surface area contributed by atoms with Gasteiger partial charge in [0.15, 0.2) is 10.8 Å². The van der Waals surface area contributed by atoms with Gasteiger partial charge in [-0.1, -0.05) is 36.5 Å². The van der Waals surface area contributed by atoms with Crippen LogP contribution in [0, 0.1) is 0 Å². The summed E-state index contributed by atoms with van der Waals surface area (Å²) in [6.07, 6.45) is 6.16. The summed E-state index contributed by atoms with van der Waals surface area (Å²) in [5.74, 6) is -0.170. The van der Waals surface area contributed by atoms with Crippen molar-refractivity contribution in [3.8, 4) is 0 Å². The summed E-state index contributed by atoms with van der Waals surface area (Å²) < 4.78 is 2.71. The van der Waals surface area contributed by atoms with Crippen LogP contribution < -0.4 is 4.90 Å². The average Bonchev–Trinajstić information content (AvgIpc) is 3.32. The molecule has 0 saturated carbocycles. The number of pyridine rings is 1. The van der Waals surface area contributed by atoms with Gasteiger partial charge in [-0.3, -0.25) is 19.4 Å². The van der Waals surface area contributed by atoms with E-state index in [-0.39, 0.29) is 5.91 Å². The first-order chi connectivity index (χ1) is 13.2. The molecule has 4 aromatic rings. The number of thiazole rings is 1. The van der Waals surface area contributed by atoms with Gasteiger partial charge in [-0.2, -0.15) is 5.10 Å². The molecule has 0 aliphatic carbocycles. The Balaban J connectivity index is 1.78. The van der Waals surface area contributed by atoms with Crippen LogP contribution in [0.3, 0.4) is 0 Å². The maximum atomic E-state index is 13.2. The van der Waals surface area contributed by atoms with E-state index in [1.54, 1.807) is 41.3 Å². The zero-order chi connectivity index (χ0) is 18.8. The van der Waals surface area contributed by atoms with Crippen molar-refractivity contribution < 1.29 is 4.79 Å². The number of aryl methyl sites for hydroxylation is 2. The fraction of sp³-hybridized carbons (Fsp3) is 0.200. The van der Waals surface area contributed by atoms with Crippen molar-refractivity contribution in [3.05, 3.63) is 71.8 Å². The van der Waals surface area contributed by atoms with E-state index in [9.17, 15) is 4.79 Å². The van der Waals surface area contributed by atoms with Crippen LogP contribution in [-0.4, -0.2) is 25.7 Å². The lowest BCUT2D eigenvalue weighted by atomic mass is 10.1. The van der Waals surface area contributed by atoms with Crippen LogP contribution in [0.2, 0.25) is 0 Å². The molecule has 136 valence electrons. The van der Waals surface area contributed by atoms with Gasteiger partial charge in [0, 0.05) is 25.6 Å². The van der Waals surface area contributed by atoms with Crippen molar-refractivity contribution in [1.29, 1.82) is 0 Å². The molecule has 7 heteroatoms. The highest BCUT2D eigenvalue weighted by molar-refractivity contribution is 7.22. The molecule has 1 aromatic carbocycles. The first-order valence-corrected chi connectivity index (χ1v) is 9.56. The first kappa shape index (κ1) is 17.4.